The van der Waals surface area contributed by atoms with Gasteiger partial charge in [-0.25, -0.2) is 0 Å². The molecule has 1 aromatic heterocycles. The van der Waals surface area contributed by atoms with E-state index in [4.69, 9.17) is 4.42 Å². The number of anilines is 1. The molecule has 1 heterocycles. The summed E-state index contributed by atoms with van der Waals surface area (Å²) in [4.78, 5) is 0. The van der Waals surface area contributed by atoms with E-state index < -0.39 is 0 Å². The zero-order valence-corrected chi connectivity index (χ0v) is 11.0. The van der Waals surface area contributed by atoms with E-state index in [0.29, 0.717) is 23.9 Å². The molecule has 0 aliphatic heterocycles. The molecule has 1 unspecified atom stereocenters. The van der Waals surface area contributed by atoms with Crippen LogP contribution in [0.2, 0.25) is 0 Å². The van der Waals surface area contributed by atoms with Crippen LogP contribution in [-0.2, 0) is 6.54 Å². The Bertz CT molecular complexity index is 397. The summed E-state index contributed by atoms with van der Waals surface area (Å²) in [5, 5.41) is 14.3. The molecular weight excluding hydrogens is 228 g/mol. The molecule has 0 saturated heterocycles. The number of nitrogens with zero attached hydrogens (tertiary/aromatic N) is 2. The molecule has 100 valence electrons. The molecule has 5 heteroatoms. The van der Waals surface area contributed by atoms with Gasteiger partial charge in [0.15, 0.2) is 0 Å². The fraction of sp³-hybridized carbons (Fsp3) is 0.846. The third kappa shape index (κ3) is 2.36. The molecule has 5 nitrogen and oxygen atoms in total. The third-order valence-corrected chi connectivity index (χ3v) is 4.50. The highest BCUT2D eigenvalue weighted by molar-refractivity contribution is 5.19. The lowest BCUT2D eigenvalue weighted by Crippen LogP contribution is -2.14. The summed E-state index contributed by atoms with van der Waals surface area (Å²) in [6.45, 7) is 1.61. The Morgan fingerprint density at radius 3 is 2.89 bits per heavy atom. The Hall–Kier alpha value is -1.10. The first kappa shape index (κ1) is 12.0. The topological polar surface area (TPSA) is 63.0 Å². The molecule has 0 aromatic carbocycles. The van der Waals surface area contributed by atoms with Gasteiger partial charge in [0.2, 0.25) is 5.89 Å². The lowest BCUT2D eigenvalue weighted by molar-refractivity contribution is 0.310. The van der Waals surface area contributed by atoms with Gasteiger partial charge in [-0.15, -0.1) is 5.10 Å². The van der Waals surface area contributed by atoms with Gasteiger partial charge in [0.1, 0.15) is 0 Å². The van der Waals surface area contributed by atoms with Gasteiger partial charge in [-0.3, -0.25) is 0 Å². The highest BCUT2D eigenvalue weighted by atomic mass is 16.4. The Morgan fingerprint density at radius 2 is 2.11 bits per heavy atom. The summed E-state index contributed by atoms with van der Waals surface area (Å²) in [5.41, 5.74) is 0.666. The Labute approximate surface area is 108 Å². The van der Waals surface area contributed by atoms with Crippen LogP contribution in [0.4, 0.5) is 6.01 Å². The van der Waals surface area contributed by atoms with Gasteiger partial charge in [-0.2, -0.15) is 0 Å². The van der Waals surface area contributed by atoms with Crippen molar-refractivity contribution in [3.63, 3.8) is 0 Å². The lowest BCUT2D eigenvalue weighted by atomic mass is 9.84. The Morgan fingerprint density at radius 1 is 1.28 bits per heavy atom. The van der Waals surface area contributed by atoms with Crippen molar-refractivity contribution >= 4 is 6.01 Å². The second-order valence-corrected chi connectivity index (χ2v) is 5.74. The van der Waals surface area contributed by atoms with Crippen LogP contribution in [-0.4, -0.2) is 23.8 Å². The minimum atomic E-state index is 0.568. The first-order chi connectivity index (χ1) is 8.82. The van der Waals surface area contributed by atoms with Crippen LogP contribution in [0.3, 0.4) is 0 Å². The predicted molar refractivity (Wildman–Crippen MR) is 69.2 cm³/mol. The smallest absolute Gasteiger partial charge is 0.315 e. The molecule has 3 rings (SSSR count). The van der Waals surface area contributed by atoms with Gasteiger partial charge in [0.25, 0.3) is 0 Å². The largest absolute Gasteiger partial charge is 0.407 e. The first-order valence-corrected chi connectivity index (χ1v) is 7.03. The van der Waals surface area contributed by atoms with E-state index in [0.717, 1.165) is 12.5 Å². The van der Waals surface area contributed by atoms with Gasteiger partial charge in [-0.05, 0) is 37.6 Å². The van der Waals surface area contributed by atoms with Crippen LogP contribution >= 0.6 is 0 Å². The van der Waals surface area contributed by atoms with E-state index in [-0.39, 0.29) is 0 Å². The molecule has 2 saturated carbocycles. The molecule has 1 spiro atoms. The average Bonchev–Trinajstić information content (AvgIpc) is 2.85. The maximum atomic E-state index is 5.48. The highest BCUT2D eigenvalue weighted by Gasteiger charge is 2.53. The zero-order chi connectivity index (χ0) is 12.4. The number of hydrogen-bond acceptors (Lipinski definition) is 5. The zero-order valence-electron chi connectivity index (χ0n) is 11.0. The molecule has 2 aliphatic carbocycles. The van der Waals surface area contributed by atoms with Crippen molar-refractivity contribution in [2.24, 2.45) is 11.3 Å². The maximum absolute atomic E-state index is 5.48. The van der Waals surface area contributed by atoms with Crippen molar-refractivity contribution < 1.29 is 4.42 Å². The van der Waals surface area contributed by atoms with E-state index >= 15 is 0 Å². The first-order valence-electron chi connectivity index (χ1n) is 7.03. The summed E-state index contributed by atoms with van der Waals surface area (Å²) in [6.07, 6.45) is 8.51. The summed E-state index contributed by atoms with van der Waals surface area (Å²) < 4.78 is 5.48. The monoisotopic (exact) mass is 250 g/mol. The molecule has 0 radical (unpaired) electrons. The van der Waals surface area contributed by atoms with Crippen molar-refractivity contribution in [2.75, 3.05) is 18.9 Å². The minimum Gasteiger partial charge on any atom is -0.407 e. The van der Waals surface area contributed by atoms with Crippen LogP contribution in [0.25, 0.3) is 0 Å². The second-order valence-electron chi connectivity index (χ2n) is 5.74. The Kier molecular flexibility index (Phi) is 3.24. The quantitative estimate of drug-likeness (QED) is 0.838. The third-order valence-electron chi connectivity index (χ3n) is 4.50. The van der Waals surface area contributed by atoms with E-state index in [1.54, 1.807) is 0 Å². The van der Waals surface area contributed by atoms with Crippen molar-refractivity contribution in [2.45, 2.75) is 45.1 Å². The summed E-state index contributed by atoms with van der Waals surface area (Å²) >= 11 is 0. The van der Waals surface area contributed by atoms with Gasteiger partial charge in [-0.1, -0.05) is 24.4 Å². The van der Waals surface area contributed by atoms with Gasteiger partial charge < -0.3 is 15.1 Å². The molecule has 1 atom stereocenters. The molecule has 2 fully saturated rings. The lowest BCUT2D eigenvalue weighted by Gasteiger charge is -2.22. The van der Waals surface area contributed by atoms with Crippen LogP contribution in [0.1, 0.15) is 44.4 Å². The molecule has 2 aliphatic rings. The normalized spacial score (nSPS) is 25.3. The molecule has 0 bridgehead atoms. The van der Waals surface area contributed by atoms with E-state index in [1.165, 1.54) is 38.5 Å². The van der Waals surface area contributed by atoms with Crippen molar-refractivity contribution in [1.29, 1.82) is 0 Å². The molecule has 1 aromatic rings. The van der Waals surface area contributed by atoms with Crippen LogP contribution in [0, 0.1) is 11.3 Å². The van der Waals surface area contributed by atoms with Gasteiger partial charge >= 0.3 is 6.01 Å². The fourth-order valence-corrected chi connectivity index (χ4v) is 3.35. The van der Waals surface area contributed by atoms with E-state index in [1.807, 2.05) is 7.05 Å². The van der Waals surface area contributed by atoms with Crippen molar-refractivity contribution in [3.8, 4) is 0 Å². The molecule has 0 amide bonds. The maximum Gasteiger partial charge on any atom is 0.315 e. The molecular formula is C13H22N4O. The highest BCUT2D eigenvalue weighted by Crippen LogP contribution is 2.61. The van der Waals surface area contributed by atoms with Crippen LogP contribution < -0.4 is 10.6 Å². The standard InChI is InChI=1S/C13H22N4O/c1-14-9-11-16-17-12(18-11)15-8-10-7-13(10)5-3-2-4-6-13/h10,14H,2-9H2,1H3,(H,15,17). The van der Waals surface area contributed by atoms with Gasteiger partial charge in [0, 0.05) is 6.54 Å². The summed E-state index contributed by atoms with van der Waals surface area (Å²) in [7, 11) is 1.87. The van der Waals surface area contributed by atoms with E-state index in [9.17, 15) is 0 Å². The van der Waals surface area contributed by atoms with Gasteiger partial charge in [0.05, 0.1) is 6.54 Å². The van der Waals surface area contributed by atoms with E-state index in [2.05, 4.69) is 20.8 Å². The number of nitrogens with one attached hydrogen (secondary N) is 2. The SMILES string of the molecule is CNCc1nnc(NCC2CC23CCCCC3)o1. The average molecular weight is 250 g/mol. The fourth-order valence-electron chi connectivity index (χ4n) is 3.35. The van der Waals surface area contributed by atoms with Crippen LogP contribution in [0.5, 0.6) is 0 Å². The number of aromatic nitrogens is 2. The van der Waals surface area contributed by atoms with Crippen molar-refractivity contribution in [3.05, 3.63) is 5.89 Å². The molecule has 2 N–H and O–H groups in total. The second kappa shape index (κ2) is 4.88. The Balaban J connectivity index is 1.47. The minimum absolute atomic E-state index is 0.568. The predicted octanol–water partition coefficient (Wildman–Crippen LogP) is 2.17. The number of rotatable bonds is 5. The van der Waals surface area contributed by atoms with Crippen molar-refractivity contribution in [1.82, 2.24) is 15.5 Å². The summed E-state index contributed by atoms with van der Waals surface area (Å²) in [5.74, 6) is 1.46. The number of hydrogen-bond donors (Lipinski definition) is 2. The summed E-state index contributed by atoms with van der Waals surface area (Å²) in [6, 6.07) is 0.568. The molecule has 18 heavy (non-hydrogen) atoms. The van der Waals surface area contributed by atoms with Crippen LogP contribution in [0.15, 0.2) is 4.42 Å².